The number of ether oxygens (including phenoxy) is 1. The van der Waals surface area contributed by atoms with Gasteiger partial charge in [0.1, 0.15) is 5.75 Å². The summed E-state index contributed by atoms with van der Waals surface area (Å²) < 4.78 is 5.03. The lowest BCUT2D eigenvalue weighted by Gasteiger charge is -2.07. The minimum Gasteiger partial charge on any atom is -0.495 e. The summed E-state index contributed by atoms with van der Waals surface area (Å²) in [5.41, 5.74) is 0.701. The van der Waals surface area contributed by atoms with E-state index in [0.717, 1.165) is 0 Å². The predicted octanol–water partition coefficient (Wildman–Crippen LogP) is 1.31. The van der Waals surface area contributed by atoms with Crippen LogP contribution in [0.25, 0.3) is 0 Å². The Hall–Kier alpha value is -2.31. The Labute approximate surface area is 91.8 Å². The van der Waals surface area contributed by atoms with E-state index < -0.39 is 5.09 Å². The van der Waals surface area contributed by atoms with Crippen LogP contribution in [0.3, 0.4) is 0 Å². The van der Waals surface area contributed by atoms with Crippen LogP contribution < -0.4 is 10.1 Å². The van der Waals surface area contributed by atoms with E-state index in [9.17, 15) is 4.79 Å². The van der Waals surface area contributed by atoms with Gasteiger partial charge in [0.25, 0.3) is 5.09 Å². The predicted molar refractivity (Wildman–Crippen MR) is 56.1 cm³/mol. The quantitative estimate of drug-likeness (QED) is 0.586. The van der Waals surface area contributed by atoms with Crippen LogP contribution >= 0.6 is 0 Å². The average Bonchev–Trinajstić information content (AvgIpc) is 2.17. The highest BCUT2D eigenvalue weighted by Gasteiger charge is 2.01. The van der Waals surface area contributed by atoms with E-state index in [0.29, 0.717) is 11.4 Å². The Morgan fingerprint density at radius 1 is 1.50 bits per heavy atom. The van der Waals surface area contributed by atoms with Gasteiger partial charge in [-0.3, -0.25) is 4.79 Å². The van der Waals surface area contributed by atoms with Gasteiger partial charge in [-0.1, -0.05) is 12.1 Å². The number of amides is 1. The first-order valence-electron chi connectivity index (χ1n) is 4.21. The summed E-state index contributed by atoms with van der Waals surface area (Å²) in [5, 5.41) is 16.3. The summed E-state index contributed by atoms with van der Waals surface area (Å²) in [4.78, 5) is 19.1. The molecule has 0 aliphatic carbocycles. The third-order valence-electron chi connectivity index (χ3n) is 1.42. The molecule has 88 valence electrons. The number of carbonyl (C=O) groups excluding carboxylic acids is 1. The molecule has 1 amide bonds. The van der Waals surface area contributed by atoms with Crippen molar-refractivity contribution >= 4 is 11.6 Å². The minimum absolute atomic E-state index is 0.0977. The standard InChI is InChI=1S/C9H11NO2.HNO3/c1-7(11)10-8-5-3-4-6-9(8)12-2;2-1(3)4/h3-6H,1-2H3,(H,10,11);(H,2,3,4). The Balaban J connectivity index is 0.000000487. The molecule has 0 spiro atoms. The molecule has 0 radical (unpaired) electrons. The van der Waals surface area contributed by atoms with Crippen molar-refractivity contribution in [3.05, 3.63) is 34.4 Å². The number of anilines is 1. The van der Waals surface area contributed by atoms with E-state index in [2.05, 4.69) is 5.32 Å². The molecule has 0 fully saturated rings. The molecule has 0 saturated carbocycles. The van der Waals surface area contributed by atoms with Crippen LogP contribution in [0.15, 0.2) is 24.3 Å². The van der Waals surface area contributed by atoms with Crippen LogP contribution in [-0.4, -0.2) is 23.3 Å². The molecule has 7 nitrogen and oxygen atoms in total. The van der Waals surface area contributed by atoms with Crippen LogP contribution in [0.1, 0.15) is 6.92 Å². The van der Waals surface area contributed by atoms with Gasteiger partial charge in [-0.2, -0.15) is 0 Å². The van der Waals surface area contributed by atoms with Crippen molar-refractivity contribution in [2.24, 2.45) is 0 Å². The Morgan fingerprint density at radius 2 is 2.00 bits per heavy atom. The van der Waals surface area contributed by atoms with E-state index in [1.54, 1.807) is 19.2 Å². The molecule has 0 aromatic heterocycles. The zero-order valence-corrected chi connectivity index (χ0v) is 8.84. The molecule has 0 saturated heterocycles. The van der Waals surface area contributed by atoms with Gasteiger partial charge in [0.2, 0.25) is 5.91 Å². The highest BCUT2D eigenvalue weighted by atomic mass is 16.9. The van der Waals surface area contributed by atoms with Gasteiger partial charge in [-0.15, -0.1) is 10.1 Å². The van der Waals surface area contributed by atoms with Crippen molar-refractivity contribution in [1.29, 1.82) is 0 Å². The number of hydrogen-bond donors (Lipinski definition) is 2. The number of hydrogen-bond acceptors (Lipinski definition) is 4. The van der Waals surface area contributed by atoms with Gasteiger partial charge in [0.15, 0.2) is 0 Å². The smallest absolute Gasteiger partial charge is 0.291 e. The molecule has 16 heavy (non-hydrogen) atoms. The molecular weight excluding hydrogens is 216 g/mol. The third kappa shape index (κ3) is 6.19. The maximum Gasteiger partial charge on any atom is 0.291 e. The van der Waals surface area contributed by atoms with Gasteiger partial charge < -0.3 is 15.3 Å². The van der Waals surface area contributed by atoms with Crippen LogP contribution in [0, 0.1) is 10.1 Å². The first-order chi connectivity index (χ1) is 7.47. The molecule has 0 aliphatic rings. The molecule has 1 aromatic rings. The fourth-order valence-corrected chi connectivity index (χ4v) is 0.938. The summed E-state index contributed by atoms with van der Waals surface area (Å²) in [6, 6.07) is 7.28. The van der Waals surface area contributed by atoms with Crippen LogP contribution in [0.5, 0.6) is 5.75 Å². The van der Waals surface area contributed by atoms with Crippen LogP contribution in [-0.2, 0) is 4.79 Å². The minimum atomic E-state index is -1.50. The van der Waals surface area contributed by atoms with Gasteiger partial charge in [-0.25, -0.2) is 0 Å². The summed E-state index contributed by atoms with van der Waals surface area (Å²) in [6.45, 7) is 1.46. The lowest BCUT2D eigenvalue weighted by molar-refractivity contribution is -0.742. The van der Waals surface area contributed by atoms with E-state index >= 15 is 0 Å². The van der Waals surface area contributed by atoms with E-state index in [4.69, 9.17) is 20.1 Å². The number of nitrogens with zero attached hydrogens (tertiary/aromatic N) is 1. The summed E-state index contributed by atoms with van der Waals surface area (Å²) >= 11 is 0. The lowest BCUT2D eigenvalue weighted by atomic mass is 10.3. The fraction of sp³-hybridized carbons (Fsp3) is 0.222. The Morgan fingerprint density at radius 3 is 2.44 bits per heavy atom. The van der Waals surface area contributed by atoms with Crippen molar-refractivity contribution in [2.45, 2.75) is 6.92 Å². The number of carbonyl (C=O) groups is 1. The van der Waals surface area contributed by atoms with Gasteiger partial charge in [-0.05, 0) is 12.1 Å². The maximum absolute atomic E-state index is 10.7. The van der Waals surface area contributed by atoms with Crippen molar-refractivity contribution < 1.29 is 19.8 Å². The summed E-state index contributed by atoms with van der Waals surface area (Å²) in [6.07, 6.45) is 0. The molecule has 2 N–H and O–H groups in total. The SMILES string of the molecule is COc1ccccc1NC(C)=O.O=[N+]([O-])O. The molecule has 1 aromatic carbocycles. The van der Waals surface area contributed by atoms with E-state index in [1.807, 2.05) is 12.1 Å². The second-order valence-corrected chi connectivity index (χ2v) is 2.62. The number of nitrogens with one attached hydrogen (secondary N) is 1. The number of para-hydroxylation sites is 2. The average molecular weight is 228 g/mol. The number of benzene rings is 1. The summed E-state index contributed by atoms with van der Waals surface area (Å²) in [5.74, 6) is 0.576. The first-order valence-corrected chi connectivity index (χ1v) is 4.21. The molecule has 0 bridgehead atoms. The zero-order valence-electron chi connectivity index (χ0n) is 8.84. The summed E-state index contributed by atoms with van der Waals surface area (Å²) in [7, 11) is 1.57. The van der Waals surface area contributed by atoms with Crippen molar-refractivity contribution in [2.75, 3.05) is 12.4 Å². The molecule has 0 atom stereocenters. The number of rotatable bonds is 2. The van der Waals surface area contributed by atoms with Crippen molar-refractivity contribution in [1.82, 2.24) is 0 Å². The second kappa shape index (κ2) is 7.04. The maximum atomic E-state index is 10.7. The van der Waals surface area contributed by atoms with Crippen molar-refractivity contribution in [3.8, 4) is 5.75 Å². The molecule has 1 rings (SSSR count). The molecule has 0 heterocycles. The second-order valence-electron chi connectivity index (χ2n) is 2.62. The fourth-order valence-electron chi connectivity index (χ4n) is 0.938. The molecular formula is C9H12N2O5. The highest BCUT2D eigenvalue weighted by Crippen LogP contribution is 2.22. The Kier molecular flexibility index (Phi) is 6.03. The van der Waals surface area contributed by atoms with Crippen LogP contribution in [0.4, 0.5) is 5.69 Å². The van der Waals surface area contributed by atoms with Crippen molar-refractivity contribution in [3.63, 3.8) is 0 Å². The topological polar surface area (TPSA) is 102 Å². The molecule has 0 aliphatic heterocycles. The zero-order chi connectivity index (χ0) is 12.6. The van der Waals surface area contributed by atoms with Gasteiger partial charge >= 0.3 is 0 Å². The normalized spacial score (nSPS) is 8.38. The van der Waals surface area contributed by atoms with Gasteiger partial charge in [0.05, 0.1) is 12.8 Å². The van der Waals surface area contributed by atoms with Gasteiger partial charge in [0, 0.05) is 6.92 Å². The first kappa shape index (κ1) is 13.7. The lowest BCUT2D eigenvalue weighted by Crippen LogP contribution is -2.06. The van der Waals surface area contributed by atoms with E-state index in [1.165, 1.54) is 6.92 Å². The molecule has 7 heteroatoms. The molecule has 0 unspecified atom stereocenters. The van der Waals surface area contributed by atoms with Crippen LogP contribution in [0.2, 0.25) is 0 Å². The monoisotopic (exact) mass is 228 g/mol. The number of methoxy groups -OCH3 is 1. The highest BCUT2D eigenvalue weighted by molar-refractivity contribution is 5.90. The third-order valence-corrected chi connectivity index (χ3v) is 1.42. The largest absolute Gasteiger partial charge is 0.495 e. The Bertz CT molecular complexity index is 363. The van der Waals surface area contributed by atoms with E-state index in [-0.39, 0.29) is 5.91 Å².